The van der Waals surface area contributed by atoms with Gasteiger partial charge in [0, 0.05) is 15.7 Å². The summed E-state index contributed by atoms with van der Waals surface area (Å²) in [6.45, 7) is -0.0117. The van der Waals surface area contributed by atoms with Crippen molar-refractivity contribution in [3.8, 4) is 0 Å². The number of nitrogens with two attached hydrogens (primary N) is 1. The lowest BCUT2D eigenvalue weighted by atomic mass is 9.77. The van der Waals surface area contributed by atoms with Gasteiger partial charge in [-0.05, 0) is 37.5 Å². The number of nitrogens with one attached hydrogen (secondary N) is 1. The molecule has 0 aromatic heterocycles. The summed E-state index contributed by atoms with van der Waals surface area (Å²) in [5.74, 6) is -0.188. The highest BCUT2D eigenvalue weighted by Gasteiger charge is 2.37. The van der Waals surface area contributed by atoms with Crippen LogP contribution in [-0.4, -0.2) is 23.2 Å². The van der Waals surface area contributed by atoms with Gasteiger partial charge in [0.1, 0.15) is 0 Å². The summed E-state index contributed by atoms with van der Waals surface area (Å²) in [4.78, 5) is 12.0. The molecule has 1 aromatic carbocycles. The topological polar surface area (TPSA) is 75.4 Å². The van der Waals surface area contributed by atoms with Crippen LogP contribution in [0.2, 0.25) is 0 Å². The number of halogens is 1. The predicted molar refractivity (Wildman–Crippen MR) is 69.7 cm³/mol. The quantitative estimate of drug-likeness (QED) is 0.743. The van der Waals surface area contributed by atoms with E-state index in [1.807, 2.05) is 0 Å². The number of aliphatic hydroxyl groups is 1. The van der Waals surface area contributed by atoms with E-state index in [0.717, 1.165) is 23.7 Å². The Balaban J connectivity index is 2.14. The van der Waals surface area contributed by atoms with Gasteiger partial charge >= 0.3 is 0 Å². The van der Waals surface area contributed by atoms with Gasteiger partial charge in [0.05, 0.1) is 12.1 Å². The highest BCUT2D eigenvalue weighted by atomic mass is 79.9. The van der Waals surface area contributed by atoms with E-state index in [-0.39, 0.29) is 12.5 Å². The van der Waals surface area contributed by atoms with Crippen molar-refractivity contribution in [2.75, 3.05) is 12.3 Å². The molecule has 0 bridgehead atoms. The molecule has 0 unspecified atom stereocenters. The molecule has 0 heterocycles. The lowest BCUT2D eigenvalue weighted by Crippen LogP contribution is -2.56. The molecule has 1 aliphatic rings. The van der Waals surface area contributed by atoms with Gasteiger partial charge in [0.2, 0.25) is 0 Å². The zero-order valence-corrected chi connectivity index (χ0v) is 11.0. The normalized spacial score (nSPS) is 17.3. The van der Waals surface area contributed by atoms with Gasteiger partial charge < -0.3 is 16.2 Å². The number of hydrogen-bond acceptors (Lipinski definition) is 3. The molecular formula is C12H15BrN2O2. The number of aliphatic hydroxyl groups excluding tert-OH is 1. The first-order chi connectivity index (χ1) is 8.04. The van der Waals surface area contributed by atoms with Gasteiger partial charge in [0.15, 0.2) is 0 Å². The zero-order valence-electron chi connectivity index (χ0n) is 9.37. The minimum atomic E-state index is -0.422. The van der Waals surface area contributed by atoms with E-state index in [0.29, 0.717) is 11.3 Å². The second-order valence-electron chi connectivity index (χ2n) is 4.52. The van der Waals surface area contributed by atoms with Gasteiger partial charge in [-0.15, -0.1) is 0 Å². The third-order valence-corrected chi connectivity index (χ3v) is 3.63. The molecule has 4 N–H and O–H groups in total. The van der Waals surface area contributed by atoms with Gasteiger partial charge in [-0.2, -0.15) is 0 Å². The summed E-state index contributed by atoms with van der Waals surface area (Å²) in [5, 5.41) is 12.2. The highest BCUT2D eigenvalue weighted by molar-refractivity contribution is 9.10. The molecule has 1 aliphatic carbocycles. The van der Waals surface area contributed by atoms with Crippen LogP contribution in [0.25, 0.3) is 0 Å². The molecule has 0 radical (unpaired) electrons. The largest absolute Gasteiger partial charge is 0.399 e. The molecule has 1 saturated carbocycles. The van der Waals surface area contributed by atoms with Crippen LogP contribution in [0, 0.1) is 0 Å². The molecule has 17 heavy (non-hydrogen) atoms. The molecule has 92 valence electrons. The number of nitrogen functional groups attached to an aromatic ring is 1. The Morgan fingerprint density at radius 3 is 2.65 bits per heavy atom. The Kier molecular flexibility index (Phi) is 3.40. The number of amides is 1. The zero-order chi connectivity index (χ0) is 12.5. The van der Waals surface area contributed by atoms with E-state index >= 15 is 0 Å². The van der Waals surface area contributed by atoms with Crippen molar-refractivity contribution in [1.82, 2.24) is 5.32 Å². The Morgan fingerprint density at radius 2 is 2.18 bits per heavy atom. The number of rotatable bonds is 3. The van der Waals surface area contributed by atoms with Crippen LogP contribution in [0.3, 0.4) is 0 Å². The number of carbonyl (C=O) groups excluding carboxylic acids is 1. The van der Waals surface area contributed by atoms with Gasteiger partial charge in [-0.3, -0.25) is 4.79 Å². The van der Waals surface area contributed by atoms with Crippen molar-refractivity contribution in [3.63, 3.8) is 0 Å². The maximum Gasteiger partial charge on any atom is 0.251 e. The van der Waals surface area contributed by atoms with Crippen molar-refractivity contribution in [1.29, 1.82) is 0 Å². The predicted octanol–water partition coefficient (Wildman–Crippen LogP) is 1.68. The first-order valence-electron chi connectivity index (χ1n) is 5.54. The summed E-state index contributed by atoms with van der Waals surface area (Å²) in [6.07, 6.45) is 2.71. The number of anilines is 1. The summed E-state index contributed by atoms with van der Waals surface area (Å²) in [5.41, 5.74) is 6.31. The Labute approximate surface area is 108 Å². The smallest absolute Gasteiger partial charge is 0.251 e. The van der Waals surface area contributed by atoms with E-state index < -0.39 is 5.54 Å². The van der Waals surface area contributed by atoms with E-state index in [1.165, 1.54) is 0 Å². The minimum Gasteiger partial charge on any atom is -0.399 e. The SMILES string of the molecule is Nc1cc(Br)cc(C(=O)NC2(CO)CCC2)c1. The van der Waals surface area contributed by atoms with Crippen LogP contribution < -0.4 is 11.1 Å². The second kappa shape index (κ2) is 4.66. The molecule has 0 atom stereocenters. The van der Waals surface area contributed by atoms with Crippen molar-refractivity contribution < 1.29 is 9.90 Å². The minimum absolute atomic E-state index is 0.0117. The fourth-order valence-electron chi connectivity index (χ4n) is 1.98. The Bertz CT molecular complexity index is 418. The molecule has 2 rings (SSSR count). The van der Waals surface area contributed by atoms with Crippen LogP contribution in [0.15, 0.2) is 22.7 Å². The van der Waals surface area contributed by atoms with Crippen LogP contribution in [0.5, 0.6) is 0 Å². The number of carbonyl (C=O) groups is 1. The summed E-state index contributed by atoms with van der Waals surface area (Å²) in [7, 11) is 0. The van der Waals surface area contributed by atoms with E-state index in [1.54, 1.807) is 18.2 Å². The first-order valence-corrected chi connectivity index (χ1v) is 6.33. The van der Waals surface area contributed by atoms with Gasteiger partial charge in [0.25, 0.3) is 5.91 Å². The average Bonchev–Trinajstić information content (AvgIpc) is 2.21. The van der Waals surface area contributed by atoms with Crippen molar-refractivity contribution in [3.05, 3.63) is 28.2 Å². The van der Waals surface area contributed by atoms with Crippen LogP contribution in [0.1, 0.15) is 29.6 Å². The fraction of sp³-hybridized carbons (Fsp3) is 0.417. The molecule has 4 nitrogen and oxygen atoms in total. The lowest BCUT2D eigenvalue weighted by molar-refractivity contribution is 0.0641. The maximum absolute atomic E-state index is 12.0. The lowest BCUT2D eigenvalue weighted by Gasteiger charge is -2.40. The molecule has 0 aliphatic heterocycles. The second-order valence-corrected chi connectivity index (χ2v) is 5.44. The fourth-order valence-corrected chi connectivity index (χ4v) is 2.49. The monoisotopic (exact) mass is 298 g/mol. The highest BCUT2D eigenvalue weighted by Crippen LogP contribution is 2.31. The standard InChI is InChI=1S/C12H15BrN2O2/c13-9-4-8(5-10(14)6-9)11(17)15-12(7-16)2-1-3-12/h4-6,16H,1-3,7,14H2,(H,15,17). The molecule has 1 fully saturated rings. The maximum atomic E-state index is 12.0. The van der Waals surface area contributed by atoms with Crippen molar-refractivity contribution in [2.24, 2.45) is 0 Å². The molecule has 0 saturated heterocycles. The summed E-state index contributed by atoms with van der Waals surface area (Å²) < 4.78 is 0.773. The summed E-state index contributed by atoms with van der Waals surface area (Å²) in [6, 6.07) is 5.08. The molecule has 1 aromatic rings. The van der Waals surface area contributed by atoms with E-state index in [4.69, 9.17) is 5.73 Å². The Hall–Kier alpha value is -1.07. The number of hydrogen-bond donors (Lipinski definition) is 3. The summed E-state index contributed by atoms with van der Waals surface area (Å²) >= 11 is 3.30. The van der Waals surface area contributed by atoms with E-state index in [2.05, 4.69) is 21.2 Å². The first kappa shape index (κ1) is 12.4. The van der Waals surface area contributed by atoms with Crippen molar-refractivity contribution in [2.45, 2.75) is 24.8 Å². The third-order valence-electron chi connectivity index (χ3n) is 3.17. The third kappa shape index (κ3) is 2.61. The number of benzene rings is 1. The van der Waals surface area contributed by atoms with Crippen LogP contribution in [-0.2, 0) is 0 Å². The average molecular weight is 299 g/mol. The van der Waals surface area contributed by atoms with Gasteiger partial charge in [-0.25, -0.2) is 0 Å². The van der Waals surface area contributed by atoms with Crippen LogP contribution in [0.4, 0.5) is 5.69 Å². The Morgan fingerprint density at radius 1 is 1.47 bits per heavy atom. The molecule has 1 amide bonds. The molecule has 0 spiro atoms. The molecular weight excluding hydrogens is 284 g/mol. The van der Waals surface area contributed by atoms with Crippen LogP contribution >= 0.6 is 15.9 Å². The van der Waals surface area contributed by atoms with Crippen molar-refractivity contribution >= 4 is 27.5 Å². The molecule has 5 heteroatoms. The van der Waals surface area contributed by atoms with E-state index in [9.17, 15) is 9.90 Å². The van der Waals surface area contributed by atoms with Gasteiger partial charge in [-0.1, -0.05) is 15.9 Å².